The number of carboxylic acids is 1. The lowest BCUT2D eigenvalue weighted by atomic mass is 9.76. The average Bonchev–Trinajstić information content (AvgIpc) is 2.02. The number of nitrogens with one attached hydrogen (secondary N) is 4. The normalized spacial score (nSPS) is 25.8. The predicted octanol–water partition coefficient (Wildman–Crippen LogP) is 8.41. The number of Topliss-reactive ketones (excluding diaryl/α,β-unsaturated/α-hetero) is 1. The lowest BCUT2D eigenvalue weighted by molar-refractivity contribution is -0.149. The van der Waals surface area contributed by atoms with Crippen molar-refractivity contribution in [1.82, 2.24) is 26.2 Å². The van der Waals surface area contributed by atoms with Crippen LogP contribution < -0.4 is 21.3 Å². The lowest BCUT2D eigenvalue weighted by Gasteiger charge is -2.40. The molecule has 4 saturated carbocycles. The van der Waals surface area contributed by atoms with Crippen molar-refractivity contribution in [2.45, 2.75) is 274 Å². The molecule has 6 fully saturated rings. The molecule has 2 aliphatic heterocycles. The first-order chi connectivity index (χ1) is 38.8. The summed E-state index contributed by atoms with van der Waals surface area (Å²) < 4.78 is 72.8. The molecule has 5 N–H and O–H groups in total. The van der Waals surface area contributed by atoms with Crippen LogP contribution in [0.25, 0.3) is 0 Å². The first-order valence-electron chi connectivity index (χ1n) is 30.9. The molecule has 0 aromatic carbocycles. The number of aliphatic imine (C=N–C) groups is 1. The molecule has 6 rings (SSSR count). The number of isocyanates is 1. The monoisotopic (exact) mass is 1240 g/mol. The zero-order valence-corrected chi connectivity index (χ0v) is 55.0. The van der Waals surface area contributed by atoms with E-state index in [1.807, 2.05) is 0 Å². The van der Waals surface area contributed by atoms with Crippen LogP contribution in [-0.4, -0.2) is 151 Å². The number of fused-ring (bicyclic) bond motifs is 3. The van der Waals surface area contributed by atoms with Gasteiger partial charge in [-0.05, 0) is 131 Å². The molecule has 4 aliphatic carbocycles. The number of ketones is 1. The van der Waals surface area contributed by atoms with E-state index in [1.54, 1.807) is 73.3 Å². The first-order valence-corrected chi connectivity index (χ1v) is 35.8. The molecule has 480 valence electrons. The number of carboxylic acid groups (broad SMARTS) is 1. The highest BCUT2D eigenvalue weighted by molar-refractivity contribution is 7.93. The van der Waals surface area contributed by atoms with Gasteiger partial charge in [0.2, 0.25) is 23.7 Å². The Labute approximate surface area is 503 Å². The molecule has 0 aromatic rings. The van der Waals surface area contributed by atoms with E-state index in [2.05, 4.69) is 46.7 Å². The summed E-state index contributed by atoms with van der Waals surface area (Å²) in [6.07, 6.45) is 21.3. The minimum Gasteiger partial charge on any atom is -0.481 e. The van der Waals surface area contributed by atoms with Crippen molar-refractivity contribution in [2.24, 2.45) is 27.7 Å². The number of piperidine rings is 1. The fraction of sp³-hybridized carbons (Fsp3) is 0.852. The Bertz CT molecular complexity index is 2650. The SMILES string of the molecule is C=CCNC(=O)C(=O)[C@@H]1CCCCCCCCC[C@H](NC(=O)NC2(CS(=O)(=O)C(C)(C)C)CCCCC2)C(=O)N2C[C@H]3[C@@H]([C@H]2C(=O)N1)C3(C)C.CC(C)(C)S(=O)(=O)CC1(C(=O)O)CCCCC1.CC(C)(C)S(=O)(=O)CC1(N=C=O)CCCCC1. The van der Waals surface area contributed by atoms with Crippen LogP contribution in [0.2, 0.25) is 0 Å². The van der Waals surface area contributed by atoms with Gasteiger partial charge < -0.3 is 31.3 Å². The molecule has 0 radical (unpaired) electrons. The van der Waals surface area contributed by atoms with Gasteiger partial charge >= 0.3 is 12.0 Å². The van der Waals surface area contributed by atoms with E-state index in [0.717, 1.165) is 89.9 Å². The molecule has 2 saturated heterocycles. The predicted molar refractivity (Wildman–Crippen MR) is 327 cm³/mol. The number of carbonyl (C=O) groups excluding carboxylic acids is 6. The number of urea groups is 1. The van der Waals surface area contributed by atoms with Crippen LogP contribution >= 0.6 is 0 Å². The van der Waals surface area contributed by atoms with E-state index in [9.17, 15) is 63.9 Å². The summed E-state index contributed by atoms with van der Waals surface area (Å²) in [6, 6.07) is -3.36. The Morgan fingerprint density at radius 1 is 0.679 bits per heavy atom. The highest BCUT2D eigenvalue weighted by Crippen LogP contribution is 2.65. The third-order valence-electron chi connectivity index (χ3n) is 18.8. The van der Waals surface area contributed by atoms with Gasteiger partial charge in [-0.2, -0.15) is 4.99 Å². The minimum absolute atomic E-state index is 0.0290. The second-order valence-corrected chi connectivity index (χ2v) is 36.8. The third-order valence-corrected chi connectivity index (χ3v) is 27.2. The molecular formula is C61H104N6O14S3. The fourth-order valence-corrected chi connectivity index (χ4v) is 17.3. The van der Waals surface area contributed by atoms with Crippen LogP contribution in [-0.2, 0) is 58.3 Å². The Morgan fingerprint density at radius 2 is 1.13 bits per heavy atom. The highest BCUT2D eigenvalue weighted by atomic mass is 32.2. The van der Waals surface area contributed by atoms with E-state index in [0.29, 0.717) is 70.8 Å². The van der Waals surface area contributed by atoms with Crippen LogP contribution in [0.5, 0.6) is 0 Å². The van der Waals surface area contributed by atoms with Gasteiger partial charge in [-0.3, -0.25) is 24.0 Å². The Morgan fingerprint density at radius 3 is 1.62 bits per heavy atom. The number of carbonyl (C=O) groups is 6. The number of rotatable bonds is 14. The molecule has 5 atom stereocenters. The second kappa shape index (κ2) is 29.2. The van der Waals surface area contributed by atoms with Gasteiger partial charge in [0, 0.05) is 13.1 Å². The van der Waals surface area contributed by atoms with Crippen molar-refractivity contribution >= 4 is 71.1 Å². The molecule has 5 amide bonds. The quantitative estimate of drug-likeness (QED) is 0.0472. The van der Waals surface area contributed by atoms with E-state index >= 15 is 0 Å². The number of aliphatic carboxylic acids is 1. The summed E-state index contributed by atoms with van der Waals surface area (Å²) in [5.74, 6) is -3.75. The van der Waals surface area contributed by atoms with Crippen LogP contribution in [0.1, 0.15) is 230 Å². The third kappa shape index (κ3) is 18.9. The molecular weight excluding hydrogens is 1140 g/mol. The average molecular weight is 1240 g/mol. The molecule has 84 heavy (non-hydrogen) atoms. The zero-order chi connectivity index (χ0) is 63.4. The molecule has 0 aromatic heterocycles. The summed E-state index contributed by atoms with van der Waals surface area (Å²) in [5, 5.41) is 20.7. The number of hydrogen-bond acceptors (Lipinski definition) is 14. The van der Waals surface area contributed by atoms with Gasteiger partial charge in [-0.1, -0.05) is 123 Å². The number of hydrogen-bond donors (Lipinski definition) is 5. The second-order valence-electron chi connectivity index (χ2n) is 28.6. The van der Waals surface area contributed by atoms with Crippen molar-refractivity contribution in [3.63, 3.8) is 0 Å². The molecule has 6 aliphatic rings. The van der Waals surface area contributed by atoms with E-state index in [-0.39, 0.29) is 47.0 Å². The van der Waals surface area contributed by atoms with Crippen LogP contribution in [0.15, 0.2) is 17.6 Å². The molecule has 0 spiro atoms. The topological polar surface area (TPSA) is 306 Å². The number of nitrogens with zero attached hydrogens (tertiary/aromatic N) is 2. The maximum atomic E-state index is 14.4. The summed E-state index contributed by atoms with van der Waals surface area (Å²) in [4.78, 5) is 95.5. The van der Waals surface area contributed by atoms with Crippen molar-refractivity contribution in [2.75, 3.05) is 30.3 Å². The lowest BCUT2D eigenvalue weighted by Crippen LogP contribution is -2.62. The van der Waals surface area contributed by atoms with Gasteiger partial charge in [0.05, 0.1) is 54.0 Å². The van der Waals surface area contributed by atoms with E-state index in [1.165, 1.54) is 6.08 Å². The van der Waals surface area contributed by atoms with Crippen molar-refractivity contribution in [3.8, 4) is 0 Å². The van der Waals surface area contributed by atoms with Gasteiger partial charge in [0.25, 0.3) is 5.91 Å². The van der Waals surface area contributed by atoms with E-state index < -0.39 is 108 Å². The summed E-state index contributed by atoms with van der Waals surface area (Å²) in [6.45, 7) is 23.1. The van der Waals surface area contributed by atoms with Crippen LogP contribution in [0.4, 0.5) is 4.79 Å². The van der Waals surface area contributed by atoms with E-state index in [4.69, 9.17) is 0 Å². The van der Waals surface area contributed by atoms with Gasteiger partial charge in [-0.15, -0.1) is 6.58 Å². The molecule has 2 heterocycles. The van der Waals surface area contributed by atoms with Crippen molar-refractivity contribution < 1.29 is 63.9 Å². The molecule has 0 bridgehead atoms. The summed E-state index contributed by atoms with van der Waals surface area (Å²) in [7, 11) is -10.2. The van der Waals surface area contributed by atoms with Crippen molar-refractivity contribution in [3.05, 3.63) is 12.7 Å². The number of sulfone groups is 3. The summed E-state index contributed by atoms with van der Waals surface area (Å²) in [5.41, 5.74) is -2.89. The number of amides is 5. The fourth-order valence-electron chi connectivity index (χ4n) is 12.7. The maximum absolute atomic E-state index is 14.4. The van der Waals surface area contributed by atoms with Crippen LogP contribution in [0, 0.1) is 22.7 Å². The Hall–Kier alpha value is -4.21. The minimum atomic E-state index is -3.55. The summed E-state index contributed by atoms with van der Waals surface area (Å²) >= 11 is 0. The molecule has 0 unspecified atom stereocenters. The largest absolute Gasteiger partial charge is 0.481 e. The van der Waals surface area contributed by atoms with Crippen LogP contribution in [0.3, 0.4) is 0 Å². The van der Waals surface area contributed by atoms with Gasteiger partial charge in [-0.25, -0.2) is 34.8 Å². The maximum Gasteiger partial charge on any atom is 0.315 e. The Kier molecular flexibility index (Phi) is 25.1. The first kappa shape index (κ1) is 72.3. The standard InChI is InChI=1S/C37H61N5O7S.C12H21NO3S.C12H22O4S/c1-7-22-38-32(45)30(43)26-18-14-11-9-8-10-12-15-19-27(33(46)42-23-25-28(36(25,5)6)29(42)31(44)39-26)40-34(47)41-37(20-16-13-17-21-37)24-50(48,49)35(2,3)4;1-11(2,3)17(15,16)9-12(13-10-14)7-5-4-6-8-12;1-11(2,3)17(15,16)9-12(10(13)14)7-5-4-6-8-12/h7,25-29H,1,8-24H2,2-6H3,(H,38,45)(H,39,44)(H2,40,41,47);4-9H2,1-3H3;4-9H2,1-3H3,(H,13,14)/t25-,26-,27-,28-,29-;;/m0../s1. The van der Waals surface area contributed by atoms with Gasteiger partial charge in [0.15, 0.2) is 29.5 Å². The van der Waals surface area contributed by atoms with Gasteiger partial charge in [0.1, 0.15) is 12.1 Å². The molecule has 20 nitrogen and oxygen atoms in total. The smallest absolute Gasteiger partial charge is 0.315 e. The molecule has 23 heteroatoms. The highest BCUT2D eigenvalue weighted by Gasteiger charge is 2.69. The zero-order valence-electron chi connectivity index (χ0n) is 52.6. The Balaban J connectivity index is 0.000000360. The van der Waals surface area contributed by atoms with Crippen molar-refractivity contribution in [1.29, 1.82) is 0 Å².